The molecule has 1 nitrogen and oxygen atoms in total. The summed E-state index contributed by atoms with van der Waals surface area (Å²) >= 11 is 0. The Morgan fingerprint density at radius 1 is 0.917 bits per heavy atom. The van der Waals surface area contributed by atoms with E-state index >= 15 is 0 Å². The molecule has 0 bridgehead atoms. The number of hydrogen-bond acceptors (Lipinski definition) is 1. The Labute approximate surface area is 141 Å². The van der Waals surface area contributed by atoms with E-state index in [1.165, 1.54) is 18.9 Å². The second-order valence-electron chi connectivity index (χ2n) is 6.79. The van der Waals surface area contributed by atoms with Gasteiger partial charge in [-0.25, -0.2) is 0 Å². The maximum atomic E-state index is 12.2. The van der Waals surface area contributed by atoms with Crippen molar-refractivity contribution >= 4 is 0 Å². The molecule has 1 aromatic rings. The molecule has 1 aromatic carbocycles. The van der Waals surface area contributed by atoms with Gasteiger partial charge in [0.05, 0.1) is 0 Å². The average Bonchev–Trinajstić information content (AvgIpc) is 2.55. The van der Waals surface area contributed by atoms with E-state index in [2.05, 4.69) is 48.1 Å². The molecule has 0 aromatic heterocycles. The topological polar surface area (TPSA) is 9.23 Å². The van der Waals surface area contributed by atoms with Gasteiger partial charge >= 0.3 is 6.36 Å². The Kier molecular flexibility index (Phi) is 4.89. The van der Waals surface area contributed by atoms with Gasteiger partial charge < -0.3 is 4.74 Å². The summed E-state index contributed by atoms with van der Waals surface area (Å²) in [5, 5.41) is 0. The molecule has 128 valence electrons. The van der Waals surface area contributed by atoms with Crippen LogP contribution in [0, 0.1) is 29.9 Å². The van der Waals surface area contributed by atoms with E-state index in [0.29, 0.717) is 17.8 Å². The SMILES string of the molecule is CC1C=CC(C2C=CC(c3c#cc(OC(F)(F)F)cc3)CC2)CC1. The van der Waals surface area contributed by atoms with Gasteiger partial charge in [-0.1, -0.05) is 37.3 Å². The summed E-state index contributed by atoms with van der Waals surface area (Å²) < 4.78 is 40.3. The van der Waals surface area contributed by atoms with Crippen LogP contribution < -0.4 is 4.74 Å². The summed E-state index contributed by atoms with van der Waals surface area (Å²) in [4.78, 5) is 0. The highest BCUT2D eigenvalue weighted by Gasteiger charge is 2.31. The van der Waals surface area contributed by atoms with Gasteiger partial charge in [-0.2, -0.15) is 0 Å². The first-order valence-corrected chi connectivity index (χ1v) is 8.47. The van der Waals surface area contributed by atoms with Crippen LogP contribution in [-0.2, 0) is 0 Å². The van der Waals surface area contributed by atoms with E-state index in [1.54, 1.807) is 6.07 Å². The minimum Gasteiger partial charge on any atom is -0.397 e. The van der Waals surface area contributed by atoms with Gasteiger partial charge in [-0.3, -0.25) is 0 Å². The summed E-state index contributed by atoms with van der Waals surface area (Å²) in [5.41, 5.74) is 0.868. The molecule has 0 radical (unpaired) electrons. The predicted molar refractivity (Wildman–Crippen MR) is 86.4 cm³/mol. The Balaban J connectivity index is 1.61. The van der Waals surface area contributed by atoms with Crippen LogP contribution in [0.3, 0.4) is 0 Å². The third kappa shape index (κ3) is 4.35. The van der Waals surface area contributed by atoms with E-state index in [-0.39, 0.29) is 11.7 Å². The first-order valence-electron chi connectivity index (χ1n) is 8.47. The zero-order valence-corrected chi connectivity index (χ0v) is 13.6. The first kappa shape index (κ1) is 17.0. The van der Waals surface area contributed by atoms with Crippen LogP contribution in [0.4, 0.5) is 13.2 Å². The highest BCUT2D eigenvalue weighted by molar-refractivity contribution is 5.27. The van der Waals surface area contributed by atoms with Crippen LogP contribution in [0.15, 0.2) is 36.4 Å². The number of ether oxygens (including phenoxy) is 1. The lowest BCUT2D eigenvalue weighted by Gasteiger charge is -2.30. The third-order valence-electron chi connectivity index (χ3n) is 4.96. The third-order valence-corrected chi connectivity index (χ3v) is 4.96. The maximum Gasteiger partial charge on any atom is 0.573 e. The number of halogens is 3. The quantitative estimate of drug-likeness (QED) is 0.631. The number of alkyl halides is 3. The Bertz CT molecular complexity index is 600. The summed E-state index contributed by atoms with van der Waals surface area (Å²) in [5.74, 6) is 1.73. The minimum absolute atomic E-state index is 0.198. The van der Waals surface area contributed by atoms with Gasteiger partial charge in [0, 0.05) is 11.5 Å². The smallest absolute Gasteiger partial charge is 0.397 e. The molecular formula is C20H21F3O. The standard InChI is InChI=1S/C20H21F3O/c1-14-2-4-15(5-3-14)16-6-8-17(9-7-16)18-10-12-19(13-11-18)24-20(21,22)23/h2,4,6,8,10,12,14-17H,3,5,7,9H2,1H3. The fourth-order valence-corrected chi connectivity index (χ4v) is 3.58. The summed E-state index contributed by atoms with van der Waals surface area (Å²) in [6, 6.07) is 8.23. The summed E-state index contributed by atoms with van der Waals surface area (Å²) in [7, 11) is 0. The number of rotatable bonds is 3. The van der Waals surface area contributed by atoms with Crippen molar-refractivity contribution < 1.29 is 17.9 Å². The van der Waals surface area contributed by atoms with Crippen LogP contribution in [0.1, 0.15) is 44.1 Å². The number of allylic oxidation sites excluding steroid dienone is 4. The van der Waals surface area contributed by atoms with Gasteiger partial charge in [0.15, 0.2) is 5.75 Å². The monoisotopic (exact) mass is 334 g/mol. The van der Waals surface area contributed by atoms with E-state index in [0.717, 1.165) is 18.4 Å². The summed E-state index contributed by atoms with van der Waals surface area (Å²) in [6.45, 7) is 2.25. The average molecular weight is 334 g/mol. The Morgan fingerprint density at radius 3 is 2.12 bits per heavy atom. The van der Waals surface area contributed by atoms with Crippen molar-refractivity contribution in [1.82, 2.24) is 0 Å². The molecule has 2 aliphatic rings. The highest BCUT2D eigenvalue weighted by atomic mass is 19.4. The minimum atomic E-state index is -4.69. The van der Waals surface area contributed by atoms with Gasteiger partial charge in [-0.15, -0.1) is 13.2 Å². The van der Waals surface area contributed by atoms with E-state index in [9.17, 15) is 13.2 Å². The number of hydrogen-bond donors (Lipinski definition) is 0. The molecular weight excluding hydrogens is 313 g/mol. The van der Waals surface area contributed by atoms with Crippen molar-refractivity contribution in [2.75, 3.05) is 0 Å². The molecule has 2 aliphatic carbocycles. The first-order chi connectivity index (χ1) is 11.4. The second-order valence-corrected chi connectivity index (χ2v) is 6.79. The van der Waals surface area contributed by atoms with Crippen LogP contribution in [0.25, 0.3) is 0 Å². The van der Waals surface area contributed by atoms with Crippen LogP contribution in [0.2, 0.25) is 0 Å². The molecule has 3 rings (SSSR count). The van der Waals surface area contributed by atoms with E-state index < -0.39 is 6.36 Å². The molecule has 0 saturated heterocycles. The van der Waals surface area contributed by atoms with E-state index in [4.69, 9.17) is 0 Å². The van der Waals surface area contributed by atoms with Crippen molar-refractivity contribution in [3.63, 3.8) is 0 Å². The highest BCUT2D eigenvalue weighted by Crippen LogP contribution is 2.37. The zero-order valence-electron chi connectivity index (χ0n) is 13.6. The van der Waals surface area contributed by atoms with Crippen LogP contribution in [0.5, 0.6) is 5.75 Å². The van der Waals surface area contributed by atoms with Crippen molar-refractivity contribution in [3.05, 3.63) is 54.1 Å². The van der Waals surface area contributed by atoms with Crippen molar-refractivity contribution in [1.29, 1.82) is 0 Å². The Hall–Kier alpha value is -1.89. The summed E-state index contributed by atoms with van der Waals surface area (Å²) in [6.07, 6.45) is 9.00. The van der Waals surface area contributed by atoms with Gasteiger partial charge in [-0.05, 0) is 61.6 Å². The fraction of sp³-hybridized carbons (Fsp3) is 0.500. The molecule has 0 fully saturated rings. The lowest BCUT2D eigenvalue weighted by Crippen LogP contribution is -2.18. The molecule has 4 unspecified atom stereocenters. The Morgan fingerprint density at radius 2 is 1.62 bits per heavy atom. The molecule has 0 spiro atoms. The molecule has 0 heterocycles. The van der Waals surface area contributed by atoms with Gasteiger partial charge in [0.25, 0.3) is 0 Å². The molecule has 24 heavy (non-hydrogen) atoms. The predicted octanol–water partition coefficient (Wildman–Crippen LogP) is 5.84. The lowest BCUT2D eigenvalue weighted by atomic mass is 9.75. The van der Waals surface area contributed by atoms with Crippen LogP contribution in [-0.4, -0.2) is 6.36 Å². The van der Waals surface area contributed by atoms with Crippen molar-refractivity contribution in [3.8, 4) is 5.75 Å². The van der Waals surface area contributed by atoms with Gasteiger partial charge in [0.1, 0.15) is 0 Å². The molecule has 0 aliphatic heterocycles. The van der Waals surface area contributed by atoms with Crippen molar-refractivity contribution in [2.45, 2.75) is 44.9 Å². The molecule has 0 amide bonds. The molecule has 0 N–H and O–H groups in total. The van der Waals surface area contributed by atoms with Crippen LogP contribution >= 0.6 is 0 Å². The molecule has 0 saturated carbocycles. The lowest BCUT2D eigenvalue weighted by molar-refractivity contribution is -0.274. The molecule has 4 heteroatoms. The largest absolute Gasteiger partial charge is 0.573 e. The zero-order chi connectivity index (χ0) is 17.2. The maximum absolute atomic E-state index is 12.2. The van der Waals surface area contributed by atoms with Gasteiger partial charge in [0.2, 0.25) is 0 Å². The van der Waals surface area contributed by atoms with Crippen molar-refractivity contribution in [2.24, 2.45) is 17.8 Å². The normalized spacial score (nSPS) is 30.0. The molecule has 4 atom stereocenters. The fourth-order valence-electron chi connectivity index (χ4n) is 3.58. The van der Waals surface area contributed by atoms with E-state index in [1.807, 2.05) is 0 Å². The second kappa shape index (κ2) is 6.93.